The first-order valence-electron chi connectivity index (χ1n) is 11.5. The van der Waals surface area contributed by atoms with E-state index in [-0.39, 0.29) is 18.2 Å². The van der Waals surface area contributed by atoms with Crippen molar-refractivity contribution in [2.45, 2.75) is 71.5 Å². The van der Waals surface area contributed by atoms with Crippen LogP contribution in [0.15, 0.2) is 48.5 Å². The molecule has 1 amide bonds. The molecule has 1 unspecified atom stereocenters. The summed E-state index contributed by atoms with van der Waals surface area (Å²) in [5, 5.41) is 0. The van der Waals surface area contributed by atoms with Crippen molar-refractivity contribution in [2.24, 2.45) is 0 Å². The van der Waals surface area contributed by atoms with Crippen LogP contribution in [0.3, 0.4) is 0 Å². The molecule has 35 heavy (non-hydrogen) atoms. The Bertz CT molecular complexity index is 865. The van der Waals surface area contributed by atoms with E-state index in [9.17, 15) is 31.1 Å². The summed E-state index contributed by atoms with van der Waals surface area (Å²) in [6.07, 6.45) is -5.21. The molecule has 0 aromatic heterocycles. The minimum absolute atomic E-state index is 0.0825. The SMILES string of the molecule is CC.COCc1cc(C(F)(F)F)cc(C(F)(F)F)c1.Cc1ccccc1.O=C1CCC2CCCN12. The van der Waals surface area contributed by atoms with Gasteiger partial charge in [0, 0.05) is 26.1 Å². The third-order valence-electron chi connectivity index (χ3n) is 5.29. The van der Waals surface area contributed by atoms with Crippen LogP contribution in [0.1, 0.15) is 61.8 Å². The van der Waals surface area contributed by atoms with Crippen molar-refractivity contribution in [2.75, 3.05) is 13.7 Å². The molecule has 3 nitrogen and oxygen atoms in total. The average Bonchev–Trinajstić information content (AvgIpc) is 3.41. The van der Waals surface area contributed by atoms with Gasteiger partial charge in [0.25, 0.3) is 0 Å². The van der Waals surface area contributed by atoms with Crippen LogP contribution in [0.25, 0.3) is 0 Å². The molecular formula is C26H33F6NO2. The number of hydrogen-bond donors (Lipinski definition) is 0. The highest BCUT2D eigenvalue weighted by molar-refractivity contribution is 5.79. The van der Waals surface area contributed by atoms with Crippen LogP contribution >= 0.6 is 0 Å². The topological polar surface area (TPSA) is 29.5 Å². The van der Waals surface area contributed by atoms with Gasteiger partial charge < -0.3 is 9.64 Å². The monoisotopic (exact) mass is 505 g/mol. The molecule has 2 aromatic carbocycles. The van der Waals surface area contributed by atoms with E-state index in [1.165, 1.54) is 25.5 Å². The zero-order chi connectivity index (χ0) is 26.6. The number of methoxy groups -OCH3 is 1. The number of halogens is 6. The summed E-state index contributed by atoms with van der Waals surface area (Å²) >= 11 is 0. The van der Waals surface area contributed by atoms with Crippen molar-refractivity contribution in [1.82, 2.24) is 4.90 Å². The van der Waals surface area contributed by atoms with Gasteiger partial charge in [-0.3, -0.25) is 4.79 Å². The van der Waals surface area contributed by atoms with E-state index in [4.69, 9.17) is 0 Å². The second-order valence-electron chi connectivity index (χ2n) is 7.92. The maximum Gasteiger partial charge on any atom is 0.416 e. The number of rotatable bonds is 2. The largest absolute Gasteiger partial charge is 0.416 e. The number of amides is 1. The van der Waals surface area contributed by atoms with Crippen molar-refractivity contribution in [1.29, 1.82) is 0 Å². The van der Waals surface area contributed by atoms with E-state index in [1.807, 2.05) is 36.9 Å². The van der Waals surface area contributed by atoms with Crippen molar-refractivity contribution in [3.63, 3.8) is 0 Å². The fourth-order valence-electron chi connectivity index (χ4n) is 3.70. The minimum Gasteiger partial charge on any atom is -0.380 e. The van der Waals surface area contributed by atoms with Crippen molar-refractivity contribution < 1.29 is 35.9 Å². The van der Waals surface area contributed by atoms with Gasteiger partial charge in [0.2, 0.25) is 5.91 Å². The van der Waals surface area contributed by atoms with E-state index in [0.717, 1.165) is 19.4 Å². The number of ether oxygens (including phenoxy) is 1. The Labute approximate surface area is 203 Å². The number of alkyl halides is 6. The lowest BCUT2D eigenvalue weighted by atomic mass is 10.1. The van der Waals surface area contributed by atoms with Gasteiger partial charge in [0.15, 0.2) is 0 Å². The second kappa shape index (κ2) is 14.1. The predicted octanol–water partition coefficient (Wildman–Crippen LogP) is 7.66. The molecule has 2 heterocycles. The van der Waals surface area contributed by atoms with Crippen molar-refractivity contribution in [3.05, 3.63) is 70.8 Å². The first-order chi connectivity index (χ1) is 16.4. The Balaban J connectivity index is 0.000000282. The van der Waals surface area contributed by atoms with Crippen LogP contribution in [0.4, 0.5) is 26.3 Å². The molecule has 0 bridgehead atoms. The normalized spacial score (nSPS) is 16.8. The van der Waals surface area contributed by atoms with Gasteiger partial charge in [0.1, 0.15) is 0 Å². The summed E-state index contributed by atoms with van der Waals surface area (Å²) < 4.78 is 78.7. The molecule has 0 aliphatic carbocycles. The molecule has 2 aliphatic heterocycles. The molecule has 196 valence electrons. The molecule has 9 heteroatoms. The van der Waals surface area contributed by atoms with Crippen LogP contribution in [0.5, 0.6) is 0 Å². The first-order valence-corrected chi connectivity index (χ1v) is 11.5. The third-order valence-corrected chi connectivity index (χ3v) is 5.29. The average molecular weight is 506 g/mol. The standard InChI is InChI=1S/C10H8F6O.C7H11NO.C7H8.C2H6/c1-17-5-6-2-7(9(11,12)13)4-8(3-6)10(14,15)16;9-7-4-3-6-2-1-5-8(6)7;1-7-5-3-2-4-6-7;1-2/h2-4H,5H2,1H3;6H,1-5H2;2-6H,1H3;1-2H3. The van der Waals surface area contributed by atoms with E-state index >= 15 is 0 Å². The Morgan fingerprint density at radius 1 is 0.914 bits per heavy atom. The Hall–Kier alpha value is -2.55. The smallest absolute Gasteiger partial charge is 0.380 e. The van der Waals surface area contributed by atoms with Crippen LogP contribution in [-0.4, -0.2) is 30.5 Å². The highest BCUT2D eigenvalue weighted by Gasteiger charge is 2.37. The van der Waals surface area contributed by atoms with Crippen LogP contribution in [-0.2, 0) is 28.5 Å². The Kier molecular flexibility index (Phi) is 12.3. The number of aryl methyl sites for hydroxylation is 1. The number of carbonyl (C=O) groups is 1. The van der Waals surface area contributed by atoms with Gasteiger partial charge >= 0.3 is 12.4 Å². The van der Waals surface area contributed by atoms with Gasteiger partial charge in [-0.05, 0) is 49.9 Å². The summed E-state index contributed by atoms with van der Waals surface area (Å²) in [5.41, 5.74) is -1.52. The molecular weight excluding hydrogens is 472 g/mol. The van der Waals surface area contributed by atoms with E-state index < -0.39 is 23.5 Å². The molecule has 2 fully saturated rings. The molecule has 2 saturated heterocycles. The van der Waals surface area contributed by atoms with E-state index in [2.05, 4.69) is 23.8 Å². The fraction of sp³-hybridized carbons (Fsp3) is 0.500. The molecule has 1 atom stereocenters. The lowest BCUT2D eigenvalue weighted by Gasteiger charge is -2.13. The second-order valence-corrected chi connectivity index (χ2v) is 7.92. The van der Waals surface area contributed by atoms with Crippen LogP contribution in [0.2, 0.25) is 0 Å². The number of carbonyl (C=O) groups excluding carboxylic acids is 1. The summed E-state index contributed by atoms with van der Waals surface area (Å²) in [5.74, 6) is 0.387. The summed E-state index contributed by atoms with van der Waals surface area (Å²) in [7, 11) is 1.19. The minimum atomic E-state index is -4.82. The lowest BCUT2D eigenvalue weighted by molar-refractivity contribution is -0.143. The zero-order valence-corrected chi connectivity index (χ0v) is 20.5. The number of benzene rings is 2. The molecule has 0 spiro atoms. The number of fused-ring (bicyclic) bond motifs is 1. The fourth-order valence-corrected chi connectivity index (χ4v) is 3.70. The van der Waals surface area contributed by atoms with Gasteiger partial charge in [-0.25, -0.2) is 0 Å². The first kappa shape index (κ1) is 30.5. The molecule has 0 radical (unpaired) electrons. The van der Waals surface area contributed by atoms with E-state index in [0.29, 0.717) is 24.1 Å². The molecule has 2 aromatic rings. The highest BCUT2D eigenvalue weighted by Crippen LogP contribution is 2.36. The summed E-state index contributed by atoms with van der Waals surface area (Å²) in [4.78, 5) is 13.0. The molecule has 0 N–H and O–H groups in total. The van der Waals surface area contributed by atoms with Crippen molar-refractivity contribution >= 4 is 5.91 Å². The maximum absolute atomic E-state index is 12.4. The summed E-state index contributed by atoms with van der Waals surface area (Å²) in [6.45, 7) is 6.80. The zero-order valence-electron chi connectivity index (χ0n) is 20.5. The molecule has 4 rings (SSSR count). The quantitative estimate of drug-likeness (QED) is 0.392. The number of nitrogens with zero attached hydrogens (tertiary/aromatic N) is 1. The van der Waals surface area contributed by atoms with Crippen molar-refractivity contribution in [3.8, 4) is 0 Å². The van der Waals surface area contributed by atoms with Gasteiger partial charge in [-0.15, -0.1) is 0 Å². The summed E-state index contributed by atoms with van der Waals surface area (Å²) in [6, 6.07) is 12.3. The van der Waals surface area contributed by atoms with Crippen LogP contribution < -0.4 is 0 Å². The van der Waals surface area contributed by atoms with E-state index in [1.54, 1.807) is 0 Å². The molecule has 0 saturated carbocycles. The Morgan fingerprint density at radius 3 is 1.86 bits per heavy atom. The van der Waals surface area contributed by atoms with Gasteiger partial charge in [-0.1, -0.05) is 49.7 Å². The predicted molar refractivity (Wildman–Crippen MR) is 124 cm³/mol. The maximum atomic E-state index is 12.4. The Morgan fingerprint density at radius 2 is 1.46 bits per heavy atom. The van der Waals surface area contributed by atoms with Gasteiger partial charge in [0.05, 0.1) is 17.7 Å². The molecule has 2 aliphatic rings. The third kappa shape index (κ3) is 10.3. The highest BCUT2D eigenvalue weighted by atomic mass is 19.4. The van der Waals surface area contributed by atoms with Gasteiger partial charge in [-0.2, -0.15) is 26.3 Å². The lowest BCUT2D eigenvalue weighted by Crippen LogP contribution is -2.26. The number of hydrogen-bond acceptors (Lipinski definition) is 2. The van der Waals surface area contributed by atoms with Crippen LogP contribution in [0, 0.1) is 6.92 Å².